The summed E-state index contributed by atoms with van der Waals surface area (Å²) in [6, 6.07) is -2.80. The summed E-state index contributed by atoms with van der Waals surface area (Å²) in [5, 5.41) is 14.1. The topological polar surface area (TPSA) is 185 Å². The molecule has 1 aliphatic heterocycles. The van der Waals surface area contributed by atoms with E-state index in [2.05, 4.69) is 10.6 Å². The van der Waals surface area contributed by atoms with E-state index in [1.807, 2.05) is 0 Å². The predicted octanol–water partition coefficient (Wildman–Crippen LogP) is -2.09. The molecule has 11 heteroatoms. The number of carboxylic acids is 1. The zero-order valence-corrected chi connectivity index (χ0v) is 16.1. The Morgan fingerprint density at radius 1 is 1.21 bits per heavy atom. The van der Waals surface area contributed by atoms with Gasteiger partial charge in [-0.2, -0.15) is 0 Å². The normalized spacial score (nSPS) is 18.4. The quantitative estimate of drug-likeness (QED) is 0.279. The van der Waals surface area contributed by atoms with Gasteiger partial charge in [-0.25, -0.2) is 4.79 Å². The maximum Gasteiger partial charge on any atom is 0.326 e. The minimum absolute atomic E-state index is 0.0441. The van der Waals surface area contributed by atoms with Gasteiger partial charge in [-0.3, -0.25) is 19.2 Å². The van der Waals surface area contributed by atoms with E-state index in [0.717, 1.165) is 0 Å². The number of rotatable bonds is 10. The van der Waals surface area contributed by atoms with Crippen molar-refractivity contribution in [2.75, 3.05) is 13.1 Å². The van der Waals surface area contributed by atoms with Crippen molar-refractivity contribution in [3.05, 3.63) is 0 Å². The third-order valence-corrected chi connectivity index (χ3v) is 4.56. The Kier molecular flexibility index (Phi) is 8.83. The lowest BCUT2D eigenvalue weighted by Gasteiger charge is -2.26. The molecule has 1 aliphatic rings. The Morgan fingerprint density at radius 3 is 2.39 bits per heavy atom. The van der Waals surface area contributed by atoms with Gasteiger partial charge in [0.15, 0.2) is 0 Å². The van der Waals surface area contributed by atoms with Gasteiger partial charge in [0, 0.05) is 13.0 Å². The summed E-state index contributed by atoms with van der Waals surface area (Å²) in [6.07, 6.45) is 1.02. The van der Waals surface area contributed by atoms with Crippen LogP contribution < -0.4 is 22.1 Å². The minimum Gasteiger partial charge on any atom is -0.480 e. The number of nitrogens with two attached hydrogens (primary N) is 2. The van der Waals surface area contributed by atoms with Crippen molar-refractivity contribution in [1.82, 2.24) is 15.5 Å². The first-order chi connectivity index (χ1) is 13.0. The van der Waals surface area contributed by atoms with Crippen molar-refractivity contribution < 1.29 is 29.1 Å². The third kappa shape index (κ3) is 6.80. The summed E-state index contributed by atoms with van der Waals surface area (Å²) in [6.45, 7) is 3.33. The smallest absolute Gasteiger partial charge is 0.326 e. The van der Waals surface area contributed by atoms with Crippen LogP contribution in [0.2, 0.25) is 0 Å². The molecular weight excluding hydrogens is 370 g/mol. The number of likely N-dealkylation sites (tertiary alicyclic amines) is 1. The van der Waals surface area contributed by atoms with Crippen LogP contribution in [-0.4, -0.2) is 70.8 Å². The van der Waals surface area contributed by atoms with E-state index in [0.29, 0.717) is 19.4 Å². The van der Waals surface area contributed by atoms with Gasteiger partial charge in [-0.1, -0.05) is 13.8 Å². The molecule has 0 aliphatic carbocycles. The molecule has 0 aromatic rings. The molecule has 3 unspecified atom stereocenters. The largest absolute Gasteiger partial charge is 0.480 e. The first kappa shape index (κ1) is 23.3. The minimum atomic E-state index is -1.14. The molecule has 0 saturated carbocycles. The number of hydrogen-bond acceptors (Lipinski definition) is 6. The van der Waals surface area contributed by atoms with Crippen molar-refractivity contribution in [2.45, 2.75) is 57.7 Å². The van der Waals surface area contributed by atoms with Gasteiger partial charge >= 0.3 is 5.97 Å². The fraction of sp³-hybridized carbons (Fsp3) is 0.706. The highest BCUT2D eigenvalue weighted by atomic mass is 16.4. The molecule has 7 N–H and O–H groups in total. The van der Waals surface area contributed by atoms with Crippen LogP contribution in [0, 0.1) is 5.92 Å². The van der Waals surface area contributed by atoms with Crippen LogP contribution in [0.1, 0.15) is 39.5 Å². The summed E-state index contributed by atoms with van der Waals surface area (Å²) >= 11 is 0. The molecular formula is C17H29N5O6. The Bertz CT molecular complexity index is 623. The second kappa shape index (κ2) is 10.6. The SMILES string of the molecule is CC(C)C(NC(=O)C1CCCN1C(=O)CNC(=O)C(N)CCC(N)=O)C(=O)O. The molecule has 1 saturated heterocycles. The zero-order chi connectivity index (χ0) is 21.4. The van der Waals surface area contributed by atoms with Crippen molar-refractivity contribution in [2.24, 2.45) is 17.4 Å². The van der Waals surface area contributed by atoms with E-state index in [1.165, 1.54) is 4.90 Å². The highest BCUT2D eigenvalue weighted by molar-refractivity contribution is 5.93. The molecule has 0 bridgehead atoms. The van der Waals surface area contributed by atoms with Crippen molar-refractivity contribution in [3.8, 4) is 0 Å². The van der Waals surface area contributed by atoms with Crippen LogP contribution in [0.4, 0.5) is 0 Å². The van der Waals surface area contributed by atoms with E-state index in [4.69, 9.17) is 11.5 Å². The maximum absolute atomic E-state index is 12.5. The van der Waals surface area contributed by atoms with Crippen LogP contribution >= 0.6 is 0 Å². The lowest BCUT2D eigenvalue weighted by Crippen LogP contribution is -2.54. The van der Waals surface area contributed by atoms with E-state index >= 15 is 0 Å². The number of aliphatic carboxylic acids is 1. The molecule has 1 rings (SSSR count). The lowest BCUT2D eigenvalue weighted by molar-refractivity contribution is -0.145. The van der Waals surface area contributed by atoms with Gasteiger partial charge in [-0.15, -0.1) is 0 Å². The van der Waals surface area contributed by atoms with E-state index < -0.39 is 47.7 Å². The fourth-order valence-electron chi connectivity index (χ4n) is 2.93. The standard InChI is InChI=1S/C17H29N5O6/c1-9(2)14(17(27)28)21-16(26)11-4-3-7-22(11)13(24)8-20-15(25)10(18)5-6-12(19)23/h9-11,14H,3-8,18H2,1-2H3,(H2,19,23)(H,20,25)(H,21,26)(H,27,28). The Labute approximate surface area is 163 Å². The predicted molar refractivity (Wildman–Crippen MR) is 98.6 cm³/mol. The van der Waals surface area contributed by atoms with Gasteiger partial charge < -0.3 is 32.1 Å². The molecule has 1 heterocycles. The summed E-state index contributed by atoms with van der Waals surface area (Å²) in [5.41, 5.74) is 10.6. The summed E-state index contributed by atoms with van der Waals surface area (Å²) in [7, 11) is 0. The number of carboxylic acid groups (broad SMARTS) is 1. The molecule has 0 aromatic carbocycles. The monoisotopic (exact) mass is 399 g/mol. The summed E-state index contributed by atoms with van der Waals surface area (Å²) < 4.78 is 0. The molecule has 0 radical (unpaired) electrons. The van der Waals surface area contributed by atoms with Gasteiger partial charge in [0.2, 0.25) is 23.6 Å². The molecule has 0 spiro atoms. The van der Waals surface area contributed by atoms with E-state index in [9.17, 15) is 29.1 Å². The number of amides is 4. The van der Waals surface area contributed by atoms with Crippen LogP contribution in [-0.2, 0) is 24.0 Å². The van der Waals surface area contributed by atoms with Crippen LogP contribution in [0.3, 0.4) is 0 Å². The highest BCUT2D eigenvalue weighted by Crippen LogP contribution is 2.18. The molecule has 1 fully saturated rings. The van der Waals surface area contributed by atoms with Crippen molar-refractivity contribution in [3.63, 3.8) is 0 Å². The molecule has 158 valence electrons. The molecule has 3 atom stereocenters. The van der Waals surface area contributed by atoms with Crippen LogP contribution in [0.25, 0.3) is 0 Å². The molecule has 11 nitrogen and oxygen atoms in total. The average molecular weight is 399 g/mol. The van der Waals surface area contributed by atoms with Gasteiger partial charge in [-0.05, 0) is 25.2 Å². The van der Waals surface area contributed by atoms with Crippen molar-refractivity contribution >= 4 is 29.6 Å². The molecule has 28 heavy (non-hydrogen) atoms. The third-order valence-electron chi connectivity index (χ3n) is 4.56. The molecule has 0 aromatic heterocycles. The number of carbonyl (C=O) groups excluding carboxylic acids is 4. The van der Waals surface area contributed by atoms with Gasteiger partial charge in [0.1, 0.15) is 12.1 Å². The molecule has 4 amide bonds. The lowest BCUT2D eigenvalue weighted by atomic mass is 10.0. The van der Waals surface area contributed by atoms with Crippen LogP contribution in [0.5, 0.6) is 0 Å². The fourth-order valence-corrected chi connectivity index (χ4v) is 2.93. The number of nitrogens with one attached hydrogen (secondary N) is 2. The average Bonchev–Trinajstić information content (AvgIpc) is 3.10. The number of hydrogen-bond donors (Lipinski definition) is 5. The Hall–Kier alpha value is -2.69. The van der Waals surface area contributed by atoms with Gasteiger partial charge in [0.05, 0.1) is 12.6 Å². The van der Waals surface area contributed by atoms with Gasteiger partial charge in [0.25, 0.3) is 0 Å². The first-order valence-electron chi connectivity index (χ1n) is 9.18. The van der Waals surface area contributed by atoms with Crippen LogP contribution in [0.15, 0.2) is 0 Å². The zero-order valence-electron chi connectivity index (χ0n) is 16.1. The summed E-state index contributed by atoms with van der Waals surface area (Å²) in [4.78, 5) is 60.1. The Balaban J connectivity index is 2.60. The second-order valence-electron chi connectivity index (χ2n) is 7.14. The Morgan fingerprint density at radius 2 is 1.86 bits per heavy atom. The second-order valence-corrected chi connectivity index (χ2v) is 7.14. The maximum atomic E-state index is 12.5. The van der Waals surface area contributed by atoms with E-state index in [-0.39, 0.29) is 25.3 Å². The summed E-state index contributed by atoms with van der Waals surface area (Å²) in [5.74, 6) is -3.63. The number of primary amides is 1. The van der Waals surface area contributed by atoms with Crippen molar-refractivity contribution in [1.29, 1.82) is 0 Å². The number of nitrogens with zero attached hydrogens (tertiary/aromatic N) is 1. The first-order valence-corrected chi connectivity index (χ1v) is 9.18. The number of carbonyl (C=O) groups is 5. The highest BCUT2D eigenvalue weighted by Gasteiger charge is 2.36. The van der Waals surface area contributed by atoms with E-state index in [1.54, 1.807) is 13.8 Å².